The fraction of sp³-hybridized carbons (Fsp3) is 0.571. The summed E-state index contributed by atoms with van der Waals surface area (Å²) in [4.78, 5) is 0. The average Bonchev–Trinajstić information content (AvgIpc) is 2.26. The van der Waals surface area contributed by atoms with Crippen molar-refractivity contribution in [2.45, 2.75) is 45.4 Å². The van der Waals surface area contributed by atoms with Crippen LogP contribution >= 0.6 is 0 Å². The van der Waals surface area contributed by atoms with Crippen molar-refractivity contribution in [3.05, 3.63) is 29.3 Å². The third-order valence-corrected chi connectivity index (χ3v) is 3.57. The van der Waals surface area contributed by atoms with E-state index >= 15 is 0 Å². The summed E-state index contributed by atoms with van der Waals surface area (Å²) in [6.45, 7) is 5.86. The Hall–Kier alpha value is -1.06. The van der Waals surface area contributed by atoms with Crippen LogP contribution in [0.4, 0.5) is 5.69 Å². The summed E-state index contributed by atoms with van der Waals surface area (Å²) >= 11 is 0. The zero-order valence-electron chi connectivity index (χ0n) is 10.7. The number of nitrogen functional groups attached to an aromatic ring is 1. The van der Waals surface area contributed by atoms with Crippen LogP contribution in [0.3, 0.4) is 0 Å². The Balaban J connectivity index is 1.78. The molecule has 0 heterocycles. The SMILES string of the molecule is CCOC1CC(NCc2cccc(N)c2C)C1. The highest BCUT2D eigenvalue weighted by Crippen LogP contribution is 2.24. The van der Waals surface area contributed by atoms with Crippen molar-refractivity contribution in [1.29, 1.82) is 0 Å². The lowest BCUT2D eigenvalue weighted by molar-refractivity contribution is -0.0102. The minimum absolute atomic E-state index is 0.472. The highest BCUT2D eigenvalue weighted by Gasteiger charge is 2.28. The van der Waals surface area contributed by atoms with Gasteiger partial charge in [0.15, 0.2) is 0 Å². The summed E-state index contributed by atoms with van der Waals surface area (Å²) in [5.74, 6) is 0. The molecule has 0 aromatic heterocycles. The molecular formula is C14H22N2O. The van der Waals surface area contributed by atoms with Crippen LogP contribution in [0.5, 0.6) is 0 Å². The quantitative estimate of drug-likeness (QED) is 0.768. The molecule has 0 atom stereocenters. The van der Waals surface area contributed by atoms with E-state index in [9.17, 15) is 0 Å². The van der Waals surface area contributed by atoms with E-state index in [0.29, 0.717) is 12.1 Å². The second-order valence-corrected chi connectivity index (χ2v) is 4.76. The van der Waals surface area contributed by atoms with E-state index in [4.69, 9.17) is 10.5 Å². The highest BCUT2D eigenvalue weighted by atomic mass is 16.5. The predicted molar refractivity (Wildman–Crippen MR) is 70.9 cm³/mol. The molecule has 94 valence electrons. The van der Waals surface area contributed by atoms with Gasteiger partial charge in [-0.05, 0) is 43.9 Å². The van der Waals surface area contributed by atoms with Gasteiger partial charge in [0.25, 0.3) is 0 Å². The Morgan fingerprint density at radius 1 is 1.41 bits per heavy atom. The molecule has 1 aliphatic rings. The Morgan fingerprint density at radius 2 is 2.18 bits per heavy atom. The zero-order chi connectivity index (χ0) is 12.3. The third kappa shape index (κ3) is 2.99. The number of anilines is 1. The molecule has 2 rings (SSSR count). The van der Waals surface area contributed by atoms with Gasteiger partial charge in [-0.2, -0.15) is 0 Å². The number of hydrogen-bond donors (Lipinski definition) is 2. The molecule has 1 fully saturated rings. The summed E-state index contributed by atoms with van der Waals surface area (Å²) in [5, 5.41) is 3.56. The monoisotopic (exact) mass is 234 g/mol. The first-order valence-electron chi connectivity index (χ1n) is 6.39. The van der Waals surface area contributed by atoms with Crippen LogP contribution in [0.15, 0.2) is 18.2 Å². The van der Waals surface area contributed by atoms with Crippen molar-refractivity contribution >= 4 is 5.69 Å². The van der Waals surface area contributed by atoms with E-state index in [-0.39, 0.29) is 0 Å². The van der Waals surface area contributed by atoms with E-state index in [1.165, 1.54) is 11.1 Å². The van der Waals surface area contributed by atoms with Gasteiger partial charge in [0.1, 0.15) is 0 Å². The number of hydrogen-bond acceptors (Lipinski definition) is 3. The lowest BCUT2D eigenvalue weighted by atomic mass is 9.89. The molecule has 0 amide bonds. The summed E-state index contributed by atoms with van der Waals surface area (Å²) in [5.41, 5.74) is 9.26. The number of nitrogens with two attached hydrogens (primary N) is 1. The fourth-order valence-corrected chi connectivity index (χ4v) is 2.25. The number of benzene rings is 1. The number of ether oxygens (including phenoxy) is 1. The van der Waals surface area contributed by atoms with Gasteiger partial charge in [-0.1, -0.05) is 12.1 Å². The van der Waals surface area contributed by atoms with Crippen molar-refractivity contribution in [2.24, 2.45) is 0 Å². The summed E-state index contributed by atoms with van der Waals surface area (Å²) in [6.07, 6.45) is 2.74. The second-order valence-electron chi connectivity index (χ2n) is 4.76. The average molecular weight is 234 g/mol. The molecular weight excluding hydrogens is 212 g/mol. The molecule has 0 saturated heterocycles. The van der Waals surface area contributed by atoms with Gasteiger partial charge in [-0.3, -0.25) is 0 Å². The minimum Gasteiger partial charge on any atom is -0.399 e. The van der Waals surface area contributed by atoms with Crippen LogP contribution in [0.2, 0.25) is 0 Å². The molecule has 3 N–H and O–H groups in total. The van der Waals surface area contributed by atoms with Gasteiger partial charge in [0.05, 0.1) is 6.10 Å². The normalized spacial score (nSPS) is 23.4. The molecule has 3 heteroatoms. The van der Waals surface area contributed by atoms with Crippen LogP contribution in [0.25, 0.3) is 0 Å². The Bertz CT molecular complexity index is 372. The van der Waals surface area contributed by atoms with Crippen LogP contribution in [-0.2, 0) is 11.3 Å². The van der Waals surface area contributed by atoms with Gasteiger partial charge in [-0.15, -0.1) is 0 Å². The minimum atomic E-state index is 0.472. The Labute approximate surface area is 103 Å². The molecule has 1 aliphatic carbocycles. The molecule has 0 aliphatic heterocycles. The predicted octanol–water partition coefficient (Wildman–Crippen LogP) is 2.23. The first kappa shape index (κ1) is 12.4. The van der Waals surface area contributed by atoms with Crippen LogP contribution in [-0.4, -0.2) is 18.8 Å². The molecule has 1 aromatic carbocycles. The van der Waals surface area contributed by atoms with Crippen LogP contribution < -0.4 is 11.1 Å². The van der Waals surface area contributed by atoms with E-state index < -0.39 is 0 Å². The molecule has 1 saturated carbocycles. The van der Waals surface area contributed by atoms with E-state index in [2.05, 4.69) is 25.2 Å². The van der Waals surface area contributed by atoms with Crippen LogP contribution in [0, 0.1) is 6.92 Å². The second kappa shape index (κ2) is 5.52. The van der Waals surface area contributed by atoms with Crippen molar-refractivity contribution in [2.75, 3.05) is 12.3 Å². The third-order valence-electron chi connectivity index (χ3n) is 3.57. The molecule has 3 nitrogen and oxygen atoms in total. The lowest BCUT2D eigenvalue weighted by Gasteiger charge is -2.35. The first-order valence-corrected chi connectivity index (χ1v) is 6.39. The maximum Gasteiger partial charge on any atom is 0.0604 e. The van der Waals surface area contributed by atoms with E-state index in [0.717, 1.165) is 31.7 Å². The first-order chi connectivity index (χ1) is 8.20. The maximum absolute atomic E-state index is 5.89. The van der Waals surface area contributed by atoms with Crippen molar-refractivity contribution in [3.63, 3.8) is 0 Å². The summed E-state index contributed by atoms with van der Waals surface area (Å²) in [6, 6.07) is 6.71. The topological polar surface area (TPSA) is 47.3 Å². The summed E-state index contributed by atoms with van der Waals surface area (Å²) < 4.78 is 5.54. The molecule has 17 heavy (non-hydrogen) atoms. The largest absolute Gasteiger partial charge is 0.399 e. The molecule has 1 aromatic rings. The van der Waals surface area contributed by atoms with Crippen molar-refractivity contribution in [3.8, 4) is 0 Å². The smallest absolute Gasteiger partial charge is 0.0604 e. The molecule has 0 radical (unpaired) electrons. The molecule has 0 bridgehead atoms. The van der Waals surface area contributed by atoms with Gasteiger partial charge >= 0.3 is 0 Å². The number of rotatable bonds is 5. The van der Waals surface area contributed by atoms with Crippen molar-refractivity contribution in [1.82, 2.24) is 5.32 Å². The van der Waals surface area contributed by atoms with Crippen molar-refractivity contribution < 1.29 is 4.74 Å². The van der Waals surface area contributed by atoms with Gasteiger partial charge < -0.3 is 15.8 Å². The highest BCUT2D eigenvalue weighted by molar-refractivity contribution is 5.49. The molecule has 0 unspecified atom stereocenters. The van der Waals surface area contributed by atoms with E-state index in [1.54, 1.807) is 0 Å². The van der Waals surface area contributed by atoms with Crippen LogP contribution in [0.1, 0.15) is 30.9 Å². The van der Waals surface area contributed by atoms with E-state index in [1.807, 2.05) is 12.1 Å². The zero-order valence-corrected chi connectivity index (χ0v) is 10.7. The van der Waals surface area contributed by atoms with Gasteiger partial charge in [-0.25, -0.2) is 0 Å². The van der Waals surface area contributed by atoms with Gasteiger partial charge in [0, 0.05) is 24.9 Å². The maximum atomic E-state index is 5.89. The van der Waals surface area contributed by atoms with Gasteiger partial charge in [0.2, 0.25) is 0 Å². The fourth-order valence-electron chi connectivity index (χ4n) is 2.25. The number of nitrogens with one attached hydrogen (secondary N) is 1. The Kier molecular flexibility index (Phi) is 4.02. The standard InChI is InChI=1S/C14H22N2O/c1-3-17-13-7-12(8-13)16-9-11-5-4-6-14(15)10(11)2/h4-6,12-13,16H,3,7-9,15H2,1-2H3. The Morgan fingerprint density at radius 3 is 2.88 bits per heavy atom. The molecule has 0 spiro atoms. The lowest BCUT2D eigenvalue weighted by Crippen LogP contribution is -2.45. The summed E-state index contributed by atoms with van der Waals surface area (Å²) in [7, 11) is 0.